The van der Waals surface area contributed by atoms with Crippen molar-refractivity contribution in [1.82, 2.24) is 9.97 Å². The minimum absolute atomic E-state index is 0.0562. The molecule has 24 heavy (non-hydrogen) atoms. The van der Waals surface area contributed by atoms with Gasteiger partial charge in [-0.3, -0.25) is 14.9 Å². The average molecular weight is 334 g/mol. The van der Waals surface area contributed by atoms with Crippen molar-refractivity contribution in [3.63, 3.8) is 0 Å². The number of hydrogen-bond donors (Lipinski definition) is 2. The summed E-state index contributed by atoms with van der Waals surface area (Å²) in [5, 5.41) is 20.5. The van der Waals surface area contributed by atoms with Crippen LogP contribution in [-0.4, -0.2) is 52.4 Å². The molecule has 9 nitrogen and oxygen atoms in total. The van der Waals surface area contributed by atoms with Crippen molar-refractivity contribution in [2.45, 2.75) is 18.9 Å². The lowest BCUT2D eigenvalue weighted by molar-refractivity contribution is -0.384. The molecule has 2 heterocycles. The summed E-state index contributed by atoms with van der Waals surface area (Å²) in [7, 11) is 0. The van der Waals surface area contributed by atoms with Crippen LogP contribution < -0.4 is 10.5 Å². The summed E-state index contributed by atoms with van der Waals surface area (Å²) in [5.74, 6) is 0. The van der Waals surface area contributed by atoms with Crippen molar-refractivity contribution in [2.75, 3.05) is 31.2 Å². The number of benzene rings is 1. The second-order valence-corrected chi connectivity index (χ2v) is 5.65. The lowest BCUT2D eigenvalue weighted by Crippen LogP contribution is -2.40. The number of rotatable bonds is 5. The molecule has 1 aliphatic rings. The first kappa shape index (κ1) is 16.3. The van der Waals surface area contributed by atoms with Gasteiger partial charge < -0.3 is 19.7 Å². The predicted molar refractivity (Wildman–Crippen MR) is 87.3 cm³/mol. The van der Waals surface area contributed by atoms with Crippen LogP contribution >= 0.6 is 0 Å². The Hall–Kier alpha value is -2.52. The molecular formula is C15H18N4O5. The van der Waals surface area contributed by atoms with Crippen LogP contribution in [0.4, 0.5) is 11.4 Å². The lowest BCUT2D eigenvalue weighted by atomic mass is 10.1. The van der Waals surface area contributed by atoms with Crippen LogP contribution in [0, 0.1) is 10.1 Å². The summed E-state index contributed by atoms with van der Waals surface area (Å²) < 4.78 is 5.56. The number of nitro benzene ring substituents is 1. The van der Waals surface area contributed by atoms with Gasteiger partial charge in [-0.05, 0) is 18.9 Å². The Labute approximate surface area is 137 Å². The Morgan fingerprint density at radius 2 is 2.33 bits per heavy atom. The minimum atomic E-state index is -0.487. The Kier molecular flexibility index (Phi) is 4.72. The van der Waals surface area contributed by atoms with Gasteiger partial charge in [-0.25, -0.2) is 4.98 Å². The number of nitro groups is 1. The van der Waals surface area contributed by atoms with Gasteiger partial charge in [0.2, 0.25) is 0 Å². The van der Waals surface area contributed by atoms with Gasteiger partial charge in [0, 0.05) is 19.2 Å². The first-order valence-electron chi connectivity index (χ1n) is 7.73. The molecule has 2 N–H and O–H groups in total. The molecule has 0 bridgehead atoms. The summed E-state index contributed by atoms with van der Waals surface area (Å²) in [4.78, 5) is 31.2. The molecule has 1 atom stereocenters. The summed E-state index contributed by atoms with van der Waals surface area (Å²) in [5.41, 5.74) is 0.321. The fourth-order valence-corrected chi connectivity index (χ4v) is 3.00. The summed E-state index contributed by atoms with van der Waals surface area (Å²) in [6.07, 6.45) is 2.86. The number of nitrogens with one attached hydrogen (secondary N) is 1. The standard InChI is InChI=1S/C15H18N4O5/c20-4-5-24-10-2-1-3-18(8-10)13-7-12-11(6-14(13)19(22)23)15(21)17-9-16-12/h6-7,9-10,20H,1-5,8H2,(H,16,17,21). The molecule has 1 saturated heterocycles. The zero-order valence-corrected chi connectivity index (χ0v) is 13.0. The van der Waals surface area contributed by atoms with Crippen molar-refractivity contribution in [1.29, 1.82) is 0 Å². The fourth-order valence-electron chi connectivity index (χ4n) is 3.00. The van der Waals surface area contributed by atoms with Gasteiger partial charge in [0.25, 0.3) is 11.2 Å². The van der Waals surface area contributed by atoms with Crippen LogP contribution in [0.2, 0.25) is 0 Å². The van der Waals surface area contributed by atoms with Crippen molar-refractivity contribution < 1.29 is 14.8 Å². The van der Waals surface area contributed by atoms with E-state index in [-0.39, 0.29) is 30.4 Å². The van der Waals surface area contributed by atoms with Gasteiger partial charge in [0.15, 0.2) is 0 Å². The number of ether oxygens (including phenoxy) is 1. The molecule has 128 valence electrons. The second kappa shape index (κ2) is 6.93. The Morgan fingerprint density at radius 3 is 3.08 bits per heavy atom. The Bertz CT molecular complexity index is 806. The number of aromatic nitrogens is 2. The highest BCUT2D eigenvalue weighted by Crippen LogP contribution is 2.33. The molecule has 9 heteroatoms. The van der Waals surface area contributed by atoms with Gasteiger partial charge in [-0.1, -0.05) is 0 Å². The third kappa shape index (κ3) is 3.22. The number of nitrogens with zero attached hydrogens (tertiary/aromatic N) is 3. The normalized spacial score (nSPS) is 18.0. The summed E-state index contributed by atoms with van der Waals surface area (Å²) in [6.45, 7) is 1.35. The van der Waals surface area contributed by atoms with E-state index in [9.17, 15) is 14.9 Å². The number of fused-ring (bicyclic) bond motifs is 1. The lowest BCUT2D eigenvalue weighted by Gasteiger charge is -2.33. The van der Waals surface area contributed by atoms with Crippen LogP contribution in [0.15, 0.2) is 23.3 Å². The number of aliphatic hydroxyl groups is 1. The second-order valence-electron chi connectivity index (χ2n) is 5.65. The molecule has 0 radical (unpaired) electrons. The fraction of sp³-hybridized carbons (Fsp3) is 0.467. The van der Waals surface area contributed by atoms with Gasteiger partial charge in [-0.15, -0.1) is 0 Å². The van der Waals surface area contributed by atoms with E-state index >= 15 is 0 Å². The molecule has 1 aromatic heterocycles. The van der Waals surface area contributed by atoms with Gasteiger partial charge >= 0.3 is 0 Å². The van der Waals surface area contributed by atoms with E-state index in [2.05, 4.69) is 9.97 Å². The van der Waals surface area contributed by atoms with Gasteiger partial charge in [0.1, 0.15) is 5.69 Å². The highest BCUT2D eigenvalue weighted by molar-refractivity contribution is 5.87. The number of anilines is 1. The molecule has 0 amide bonds. The van der Waals surface area contributed by atoms with Crippen molar-refractivity contribution in [2.24, 2.45) is 0 Å². The largest absolute Gasteiger partial charge is 0.394 e. The molecule has 0 aliphatic carbocycles. The predicted octanol–water partition coefficient (Wildman–Crippen LogP) is 0.809. The van der Waals surface area contributed by atoms with Crippen LogP contribution in [0.5, 0.6) is 0 Å². The first-order valence-corrected chi connectivity index (χ1v) is 7.73. The van der Waals surface area contributed by atoms with E-state index in [1.54, 1.807) is 6.07 Å². The smallest absolute Gasteiger partial charge is 0.293 e. The number of aromatic amines is 1. The van der Waals surface area contributed by atoms with Crippen molar-refractivity contribution in [3.05, 3.63) is 38.9 Å². The van der Waals surface area contributed by atoms with E-state index in [1.807, 2.05) is 4.90 Å². The maximum atomic E-state index is 11.8. The Balaban J connectivity index is 1.99. The minimum Gasteiger partial charge on any atom is -0.394 e. The zero-order valence-electron chi connectivity index (χ0n) is 13.0. The maximum absolute atomic E-state index is 11.8. The molecule has 1 aromatic carbocycles. The van der Waals surface area contributed by atoms with E-state index in [1.165, 1.54) is 12.4 Å². The SMILES string of the molecule is O=c1[nH]cnc2cc(N3CCCC(OCCO)C3)c([N+](=O)[O-])cc12. The third-order valence-electron chi connectivity index (χ3n) is 4.10. The topological polar surface area (TPSA) is 122 Å². The first-order chi connectivity index (χ1) is 11.6. The summed E-state index contributed by atoms with van der Waals surface area (Å²) in [6, 6.07) is 2.85. The van der Waals surface area contributed by atoms with Gasteiger partial charge in [0.05, 0.1) is 41.5 Å². The highest BCUT2D eigenvalue weighted by atomic mass is 16.6. The van der Waals surface area contributed by atoms with Crippen LogP contribution in [-0.2, 0) is 4.74 Å². The number of hydrogen-bond acceptors (Lipinski definition) is 7. The highest BCUT2D eigenvalue weighted by Gasteiger charge is 2.27. The third-order valence-corrected chi connectivity index (χ3v) is 4.10. The van der Waals surface area contributed by atoms with Crippen molar-refractivity contribution >= 4 is 22.3 Å². The molecule has 1 aliphatic heterocycles. The van der Waals surface area contributed by atoms with E-state index in [0.717, 1.165) is 12.8 Å². The molecule has 3 rings (SSSR count). The number of aliphatic hydroxyl groups excluding tert-OH is 1. The zero-order chi connectivity index (χ0) is 17.1. The molecular weight excluding hydrogens is 316 g/mol. The quantitative estimate of drug-likeness (QED) is 0.613. The maximum Gasteiger partial charge on any atom is 0.293 e. The molecule has 2 aromatic rings. The molecule has 1 fully saturated rings. The van der Waals surface area contributed by atoms with E-state index in [4.69, 9.17) is 9.84 Å². The van der Waals surface area contributed by atoms with Crippen LogP contribution in [0.1, 0.15) is 12.8 Å². The Morgan fingerprint density at radius 1 is 1.50 bits per heavy atom. The van der Waals surface area contributed by atoms with E-state index in [0.29, 0.717) is 24.3 Å². The molecule has 1 unspecified atom stereocenters. The van der Waals surface area contributed by atoms with Crippen LogP contribution in [0.3, 0.4) is 0 Å². The molecule has 0 saturated carbocycles. The van der Waals surface area contributed by atoms with Crippen LogP contribution in [0.25, 0.3) is 10.9 Å². The number of H-pyrrole nitrogens is 1. The van der Waals surface area contributed by atoms with E-state index < -0.39 is 10.5 Å². The van der Waals surface area contributed by atoms with Crippen molar-refractivity contribution in [3.8, 4) is 0 Å². The molecule has 0 spiro atoms. The van der Waals surface area contributed by atoms with Gasteiger partial charge in [-0.2, -0.15) is 0 Å². The average Bonchev–Trinajstić information content (AvgIpc) is 2.59. The monoisotopic (exact) mass is 334 g/mol. The summed E-state index contributed by atoms with van der Waals surface area (Å²) >= 11 is 0. The number of piperidine rings is 1.